The summed E-state index contributed by atoms with van der Waals surface area (Å²) in [4.78, 5) is 72.8. The van der Waals surface area contributed by atoms with Gasteiger partial charge in [0.05, 0.1) is 26.4 Å². The van der Waals surface area contributed by atoms with E-state index < -0.39 is 97.5 Å². The quantitative estimate of drug-likeness (QED) is 0.0222. The first-order chi connectivity index (χ1) is 45.1. The summed E-state index contributed by atoms with van der Waals surface area (Å²) in [7, 11) is -9.91. The second-order valence-electron chi connectivity index (χ2n) is 28.9. The molecule has 0 aromatic heterocycles. The van der Waals surface area contributed by atoms with Crippen molar-refractivity contribution in [1.29, 1.82) is 0 Å². The first-order valence-corrected chi connectivity index (χ1v) is 41.7. The van der Waals surface area contributed by atoms with Gasteiger partial charge in [-0.15, -0.1) is 0 Å². The summed E-state index contributed by atoms with van der Waals surface area (Å²) in [6.45, 7) is 14.1. The number of carbonyl (C=O) groups is 4. The van der Waals surface area contributed by atoms with Gasteiger partial charge in [-0.05, 0) is 49.4 Å². The molecule has 0 saturated carbocycles. The molecule has 0 aliphatic heterocycles. The van der Waals surface area contributed by atoms with Crippen molar-refractivity contribution in [3.05, 3.63) is 0 Å². The molecule has 0 aliphatic rings. The third-order valence-corrected chi connectivity index (χ3v) is 19.2. The average Bonchev–Trinajstić information content (AvgIpc) is 1.72. The van der Waals surface area contributed by atoms with E-state index in [-0.39, 0.29) is 25.7 Å². The van der Waals surface area contributed by atoms with Gasteiger partial charge in [-0.25, -0.2) is 9.13 Å². The highest BCUT2D eigenvalue weighted by Crippen LogP contribution is 2.45. The third-order valence-electron chi connectivity index (χ3n) is 17.3. The van der Waals surface area contributed by atoms with Gasteiger partial charge in [0.2, 0.25) is 0 Å². The maximum Gasteiger partial charge on any atom is 0.472 e. The molecule has 3 N–H and O–H groups in total. The van der Waals surface area contributed by atoms with E-state index in [1.165, 1.54) is 173 Å². The van der Waals surface area contributed by atoms with E-state index in [1.54, 1.807) is 0 Å². The van der Waals surface area contributed by atoms with E-state index in [0.717, 1.165) is 114 Å². The minimum Gasteiger partial charge on any atom is -0.462 e. The van der Waals surface area contributed by atoms with Crippen LogP contribution in [0.2, 0.25) is 0 Å². The normalized spacial score (nSPS) is 14.2. The number of esters is 4. The largest absolute Gasteiger partial charge is 0.472 e. The molecule has 0 saturated heterocycles. The number of unbranched alkanes of at least 4 members (excludes halogenated alkanes) is 38. The Labute approximate surface area is 575 Å². The Bertz CT molecular complexity index is 1850. The average molecular weight is 1380 g/mol. The highest BCUT2D eigenvalue weighted by atomic mass is 31.2. The van der Waals surface area contributed by atoms with Crippen LogP contribution < -0.4 is 0 Å². The van der Waals surface area contributed by atoms with E-state index in [9.17, 15) is 43.2 Å². The minimum atomic E-state index is -4.96. The molecule has 0 spiro atoms. The predicted octanol–water partition coefficient (Wildman–Crippen LogP) is 21.7. The molecule has 0 heterocycles. The molecule has 94 heavy (non-hydrogen) atoms. The van der Waals surface area contributed by atoms with Crippen LogP contribution >= 0.6 is 15.6 Å². The van der Waals surface area contributed by atoms with Crippen LogP contribution in [0.25, 0.3) is 0 Å². The van der Waals surface area contributed by atoms with E-state index >= 15 is 0 Å². The van der Waals surface area contributed by atoms with Gasteiger partial charge in [0.1, 0.15) is 19.3 Å². The monoisotopic (exact) mass is 1380 g/mol. The van der Waals surface area contributed by atoms with Crippen LogP contribution in [-0.2, 0) is 65.4 Å². The molecule has 0 rings (SSSR count). The molecule has 0 fully saturated rings. The van der Waals surface area contributed by atoms with Crippen LogP contribution in [-0.4, -0.2) is 96.7 Å². The summed E-state index contributed by atoms with van der Waals surface area (Å²) < 4.78 is 68.5. The number of phosphoric acid groups is 2. The molecule has 558 valence electrons. The van der Waals surface area contributed by atoms with Crippen molar-refractivity contribution in [2.24, 2.45) is 23.7 Å². The number of hydrogen-bond acceptors (Lipinski definition) is 15. The van der Waals surface area contributed by atoms with Gasteiger partial charge in [-0.1, -0.05) is 325 Å². The van der Waals surface area contributed by atoms with Crippen molar-refractivity contribution in [1.82, 2.24) is 0 Å². The number of hydrogen-bond donors (Lipinski definition) is 3. The highest BCUT2D eigenvalue weighted by Gasteiger charge is 2.30. The SMILES string of the molecule is CC(C)CCCCCCCCCCCCCCCCCC(=O)O[C@H](COC(=O)CCCCCCCCCC(C)C)COP(=O)(O)OCC(O)COP(=O)(O)OC[C@@H](COC(=O)CCCCCCCCCCCCC(C)C)OC(=O)CCCCCCCCCCCCC(C)C. The number of aliphatic hydroxyl groups excluding tert-OH is 1. The van der Waals surface area contributed by atoms with Crippen LogP contribution in [0.5, 0.6) is 0 Å². The van der Waals surface area contributed by atoms with Crippen molar-refractivity contribution < 1.29 is 80.2 Å². The zero-order valence-electron chi connectivity index (χ0n) is 61.6. The Morgan fingerprint density at radius 3 is 0.660 bits per heavy atom. The molecule has 0 aromatic rings. The Balaban J connectivity index is 5.23. The summed E-state index contributed by atoms with van der Waals surface area (Å²) in [5, 5.41) is 10.6. The van der Waals surface area contributed by atoms with Crippen LogP contribution in [0.1, 0.15) is 376 Å². The first kappa shape index (κ1) is 92.1. The number of ether oxygens (including phenoxy) is 4. The summed E-state index contributed by atoms with van der Waals surface area (Å²) >= 11 is 0. The van der Waals surface area contributed by atoms with E-state index in [0.29, 0.717) is 31.6 Å². The molecular weight excluding hydrogens is 1230 g/mol. The van der Waals surface area contributed by atoms with E-state index in [1.807, 2.05) is 0 Å². The van der Waals surface area contributed by atoms with Crippen molar-refractivity contribution >= 4 is 39.5 Å². The van der Waals surface area contributed by atoms with Gasteiger partial charge < -0.3 is 33.8 Å². The lowest BCUT2D eigenvalue weighted by molar-refractivity contribution is -0.161. The molecular formula is C75H146O17P2. The van der Waals surface area contributed by atoms with E-state index in [2.05, 4.69) is 55.4 Å². The second kappa shape index (κ2) is 64.4. The Morgan fingerprint density at radius 2 is 0.447 bits per heavy atom. The van der Waals surface area contributed by atoms with Gasteiger partial charge in [-0.2, -0.15) is 0 Å². The lowest BCUT2D eigenvalue weighted by Gasteiger charge is -2.21. The fourth-order valence-corrected chi connectivity index (χ4v) is 13.0. The minimum absolute atomic E-state index is 0.105. The lowest BCUT2D eigenvalue weighted by Crippen LogP contribution is -2.30. The maximum atomic E-state index is 13.1. The fourth-order valence-electron chi connectivity index (χ4n) is 11.4. The molecule has 0 aliphatic carbocycles. The maximum absolute atomic E-state index is 13.1. The summed E-state index contributed by atoms with van der Waals surface area (Å²) in [5.41, 5.74) is 0. The van der Waals surface area contributed by atoms with Gasteiger partial charge in [0, 0.05) is 25.7 Å². The standard InChI is InChI=1S/C75H146O17P2/c1-65(2)51-43-35-27-20-14-12-10-9-11-13-15-24-32-41-49-57-74(79)92-71(62-86-73(78)56-48-40-34-26-30-38-46-54-68(7)8)64-90-94(83,84)88-60-69(76)59-87-93(81,82)89-63-70(91-75(80)58-50-42-33-25-19-17-22-29-37-45-53-67(5)6)61-85-72(77)55-47-39-31-23-18-16-21-28-36-44-52-66(3)4/h65-71,76H,9-64H2,1-8H3,(H,81,82)(H,83,84)/t69?,70-,71-/m1/s1. The van der Waals surface area contributed by atoms with Crippen LogP contribution in [0, 0.1) is 23.7 Å². The Kier molecular flexibility index (Phi) is 63.1. The predicted molar refractivity (Wildman–Crippen MR) is 381 cm³/mol. The molecule has 0 amide bonds. The fraction of sp³-hybridized carbons (Fsp3) is 0.947. The summed E-state index contributed by atoms with van der Waals surface area (Å²) in [6.07, 6.45) is 48.6. The Morgan fingerprint density at radius 1 is 0.266 bits per heavy atom. The van der Waals surface area contributed by atoms with Crippen molar-refractivity contribution in [3.63, 3.8) is 0 Å². The van der Waals surface area contributed by atoms with Crippen molar-refractivity contribution in [3.8, 4) is 0 Å². The number of aliphatic hydroxyl groups is 1. The van der Waals surface area contributed by atoms with Crippen LogP contribution in [0.15, 0.2) is 0 Å². The zero-order chi connectivity index (χ0) is 69.6. The van der Waals surface area contributed by atoms with Gasteiger partial charge in [0.25, 0.3) is 0 Å². The highest BCUT2D eigenvalue weighted by molar-refractivity contribution is 7.47. The summed E-state index contributed by atoms with van der Waals surface area (Å²) in [6, 6.07) is 0. The van der Waals surface area contributed by atoms with Gasteiger partial charge in [-0.3, -0.25) is 37.3 Å². The lowest BCUT2D eigenvalue weighted by atomic mass is 10.0. The number of phosphoric ester groups is 2. The second-order valence-corrected chi connectivity index (χ2v) is 31.9. The number of rotatable bonds is 72. The molecule has 0 aromatic carbocycles. The molecule has 3 unspecified atom stereocenters. The van der Waals surface area contributed by atoms with Crippen molar-refractivity contribution in [2.45, 2.75) is 395 Å². The molecule has 0 radical (unpaired) electrons. The van der Waals surface area contributed by atoms with Crippen molar-refractivity contribution in [2.75, 3.05) is 39.6 Å². The van der Waals surface area contributed by atoms with E-state index in [4.69, 9.17) is 37.0 Å². The first-order valence-electron chi connectivity index (χ1n) is 38.7. The molecule has 0 bridgehead atoms. The molecule has 17 nitrogen and oxygen atoms in total. The molecule has 5 atom stereocenters. The molecule has 19 heteroatoms. The number of carbonyl (C=O) groups excluding carboxylic acids is 4. The topological polar surface area (TPSA) is 237 Å². The Hall–Kier alpha value is -1.94. The summed E-state index contributed by atoms with van der Waals surface area (Å²) in [5.74, 6) is 0.895. The van der Waals surface area contributed by atoms with Gasteiger partial charge in [0.15, 0.2) is 12.2 Å². The smallest absolute Gasteiger partial charge is 0.462 e. The van der Waals surface area contributed by atoms with Crippen LogP contribution in [0.4, 0.5) is 0 Å². The third kappa shape index (κ3) is 68.6. The van der Waals surface area contributed by atoms with Gasteiger partial charge >= 0.3 is 39.5 Å². The zero-order valence-corrected chi connectivity index (χ0v) is 63.4. The van der Waals surface area contributed by atoms with Crippen LogP contribution in [0.3, 0.4) is 0 Å².